The summed E-state index contributed by atoms with van der Waals surface area (Å²) in [6.45, 7) is 0.526. The molecule has 1 aromatic carbocycles. The van der Waals surface area contributed by atoms with Crippen molar-refractivity contribution >= 4 is 45.9 Å². The summed E-state index contributed by atoms with van der Waals surface area (Å²) in [6, 6.07) is 5.19. The molecule has 0 aromatic heterocycles. The Hall–Kier alpha value is -0.410. The van der Waals surface area contributed by atoms with E-state index in [1.54, 1.807) is 7.05 Å². The molecular formula is C15H20BrFIN3O. The SMILES string of the molecule is CN=C(NCc1cc(F)cc(Br)c1)NC1CC2CCC1O2.I. The van der Waals surface area contributed by atoms with E-state index in [9.17, 15) is 4.39 Å². The summed E-state index contributed by atoms with van der Waals surface area (Å²) >= 11 is 3.30. The third-order valence-electron chi connectivity index (χ3n) is 4.03. The Morgan fingerprint density at radius 2 is 2.23 bits per heavy atom. The highest BCUT2D eigenvalue weighted by Gasteiger charge is 2.41. The molecule has 3 atom stereocenters. The van der Waals surface area contributed by atoms with E-state index in [-0.39, 0.29) is 29.8 Å². The Morgan fingerprint density at radius 3 is 2.82 bits per heavy atom. The standard InChI is InChI=1S/C15H19BrFN3O.HI/c1-18-15(20-13-7-12-2-3-14(13)21-12)19-8-9-4-10(16)6-11(17)5-9;/h4-6,12-14H,2-3,7-8H2,1H3,(H2,18,19,20);1H. The van der Waals surface area contributed by atoms with Crippen molar-refractivity contribution < 1.29 is 9.13 Å². The molecule has 0 radical (unpaired) electrons. The fraction of sp³-hybridized carbons (Fsp3) is 0.533. The minimum Gasteiger partial charge on any atom is -0.373 e. The minimum atomic E-state index is -0.245. The van der Waals surface area contributed by atoms with Crippen LogP contribution in [0.3, 0.4) is 0 Å². The van der Waals surface area contributed by atoms with Gasteiger partial charge in [0.25, 0.3) is 0 Å². The highest BCUT2D eigenvalue weighted by molar-refractivity contribution is 14.0. The summed E-state index contributed by atoms with van der Waals surface area (Å²) in [4.78, 5) is 4.23. The van der Waals surface area contributed by atoms with Crippen molar-refractivity contribution in [2.45, 2.75) is 44.1 Å². The van der Waals surface area contributed by atoms with Crippen LogP contribution in [0.5, 0.6) is 0 Å². The molecule has 2 heterocycles. The quantitative estimate of drug-likeness (QED) is 0.394. The van der Waals surface area contributed by atoms with Crippen LogP contribution in [-0.2, 0) is 11.3 Å². The van der Waals surface area contributed by atoms with Gasteiger partial charge in [-0.1, -0.05) is 15.9 Å². The number of halogens is 3. The van der Waals surface area contributed by atoms with Gasteiger partial charge in [0.15, 0.2) is 5.96 Å². The molecule has 2 saturated heterocycles. The van der Waals surface area contributed by atoms with Crippen molar-refractivity contribution in [3.63, 3.8) is 0 Å². The second-order valence-electron chi connectivity index (χ2n) is 5.56. The summed E-state index contributed by atoms with van der Waals surface area (Å²) in [6.07, 6.45) is 4.04. The first kappa shape index (κ1) is 17.9. The molecule has 0 spiro atoms. The first-order valence-corrected chi connectivity index (χ1v) is 8.01. The molecule has 3 rings (SSSR count). The number of fused-ring (bicyclic) bond motifs is 2. The number of guanidine groups is 1. The van der Waals surface area contributed by atoms with Gasteiger partial charge in [-0.25, -0.2) is 4.39 Å². The number of benzene rings is 1. The van der Waals surface area contributed by atoms with Gasteiger partial charge in [0.1, 0.15) is 5.82 Å². The maximum Gasteiger partial charge on any atom is 0.191 e. The van der Waals surface area contributed by atoms with Crippen LogP contribution in [0.2, 0.25) is 0 Å². The lowest BCUT2D eigenvalue weighted by atomic mass is 9.96. The van der Waals surface area contributed by atoms with Crippen molar-refractivity contribution in [2.24, 2.45) is 4.99 Å². The molecule has 2 fully saturated rings. The lowest BCUT2D eigenvalue weighted by molar-refractivity contribution is 0.0992. The molecule has 0 saturated carbocycles. The molecule has 122 valence electrons. The molecule has 2 aliphatic rings. The van der Waals surface area contributed by atoms with Gasteiger partial charge in [0, 0.05) is 18.1 Å². The van der Waals surface area contributed by atoms with Crippen LogP contribution in [0.25, 0.3) is 0 Å². The van der Waals surface area contributed by atoms with E-state index in [1.165, 1.54) is 18.6 Å². The monoisotopic (exact) mass is 483 g/mol. The Morgan fingerprint density at radius 1 is 1.41 bits per heavy atom. The smallest absolute Gasteiger partial charge is 0.191 e. The van der Waals surface area contributed by atoms with Gasteiger partial charge < -0.3 is 15.4 Å². The first-order valence-electron chi connectivity index (χ1n) is 7.21. The zero-order chi connectivity index (χ0) is 14.8. The molecular weight excluding hydrogens is 464 g/mol. The maximum absolute atomic E-state index is 13.3. The van der Waals surface area contributed by atoms with Crippen LogP contribution in [-0.4, -0.2) is 31.3 Å². The van der Waals surface area contributed by atoms with E-state index >= 15 is 0 Å². The summed E-state index contributed by atoms with van der Waals surface area (Å²) in [5, 5.41) is 6.63. The van der Waals surface area contributed by atoms with E-state index in [1.807, 2.05) is 6.07 Å². The van der Waals surface area contributed by atoms with Crippen LogP contribution in [0.15, 0.2) is 27.7 Å². The maximum atomic E-state index is 13.3. The Balaban J connectivity index is 0.00000176. The Labute approximate surface area is 155 Å². The number of hydrogen-bond donors (Lipinski definition) is 2. The van der Waals surface area contributed by atoms with Crippen LogP contribution >= 0.6 is 39.9 Å². The lowest BCUT2D eigenvalue weighted by Crippen LogP contribution is -2.47. The molecule has 22 heavy (non-hydrogen) atoms. The number of nitrogens with zero attached hydrogens (tertiary/aromatic N) is 1. The van der Waals surface area contributed by atoms with Gasteiger partial charge >= 0.3 is 0 Å². The van der Waals surface area contributed by atoms with E-state index in [0.717, 1.165) is 28.8 Å². The second-order valence-corrected chi connectivity index (χ2v) is 6.48. The Kier molecular flexibility index (Phi) is 6.46. The zero-order valence-corrected chi connectivity index (χ0v) is 16.2. The van der Waals surface area contributed by atoms with E-state index < -0.39 is 0 Å². The summed E-state index contributed by atoms with van der Waals surface area (Å²) in [7, 11) is 1.74. The Bertz CT molecular complexity index is 537. The third kappa shape index (κ3) is 4.32. The fourth-order valence-electron chi connectivity index (χ4n) is 3.06. The van der Waals surface area contributed by atoms with Gasteiger partial charge in [0.2, 0.25) is 0 Å². The van der Waals surface area contributed by atoms with Crippen molar-refractivity contribution in [3.8, 4) is 0 Å². The topological polar surface area (TPSA) is 45.7 Å². The molecule has 4 nitrogen and oxygen atoms in total. The minimum absolute atomic E-state index is 0. The predicted octanol–water partition coefficient (Wildman–Crippen LogP) is 3.19. The molecule has 2 aliphatic heterocycles. The average molecular weight is 484 g/mol. The van der Waals surface area contributed by atoms with Crippen molar-refractivity contribution in [2.75, 3.05) is 7.05 Å². The van der Waals surface area contributed by atoms with Crippen molar-refractivity contribution in [1.29, 1.82) is 0 Å². The van der Waals surface area contributed by atoms with Crippen molar-refractivity contribution in [1.82, 2.24) is 10.6 Å². The van der Waals surface area contributed by atoms with Crippen LogP contribution in [0, 0.1) is 5.82 Å². The average Bonchev–Trinajstić information content (AvgIpc) is 3.04. The van der Waals surface area contributed by atoms with Crippen LogP contribution in [0.1, 0.15) is 24.8 Å². The molecule has 3 unspecified atom stereocenters. The number of nitrogens with one attached hydrogen (secondary N) is 2. The molecule has 0 aliphatic carbocycles. The highest BCUT2D eigenvalue weighted by atomic mass is 127. The van der Waals surface area contributed by atoms with E-state index in [2.05, 4.69) is 31.6 Å². The van der Waals surface area contributed by atoms with Crippen molar-refractivity contribution in [3.05, 3.63) is 34.1 Å². The van der Waals surface area contributed by atoms with Crippen LogP contribution in [0.4, 0.5) is 4.39 Å². The molecule has 2 bridgehead atoms. The molecule has 1 aromatic rings. The van der Waals surface area contributed by atoms with Gasteiger partial charge in [-0.05, 0) is 43.0 Å². The number of hydrogen-bond acceptors (Lipinski definition) is 2. The van der Waals surface area contributed by atoms with E-state index in [4.69, 9.17) is 4.74 Å². The molecule has 7 heteroatoms. The summed E-state index contributed by atoms with van der Waals surface area (Å²) in [5.41, 5.74) is 0.869. The second kappa shape index (κ2) is 7.92. The fourth-order valence-corrected chi connectivity index (χ4v) is 3.57. The highest BCUT2D eigenvalue weighted by Crippen LogP contribution is 2.34. The predicted molar refractivity (Wildman–Crippen MR) is 99.1 cm³/mol. The number of rotatable bonds is 3. The van der Waals surface area contributed by atoms with E-state index in [0.29, 0.717) is 24.8 Å². The lowest BCUT2D eigenvalue weighted by Gasteiger charge is -2.22. The van der Waals surface area contributed by atoms with Gasteiger partial charge in [-0.2, -0.15) is 0 Å². The summed E-state index contributed by atoms with van der Waals surface area (Å²) in [5.74, 6) is 0.488. The molecule has 0 amide bonds. The molecule has 2 N–H and O–H groups in total. The normalized spacial score (nSPS) is 26.7. The number of aliphatic imine (C=N–C) groups is 1. The van der Waals surface area contributed by atoms with Crippen LogP contribution < -0.4 is 10.6 Å². The zero-order valence-electron chi connectivity index (χ0n) is 12.3. The number of ether oxygens (including phenoxy) is 1. The van der Waals surface area contributed by atoms with Gasteiger partial charge in [-0.15, -0.1) is 24.0 Å². The van der Waals surface area contributed by atoms with Gasteiger partial charge in [0.05, 0.1) is 18.2 Å². The first-order chi connectivity index (χ1) is 10.1. The summed E-state index contributed by atoms with van der Waals surface area (Å²) < 4.78 is 19.9. The van der Waals surface area contributed by atoms with Gasteiger partial charge in [-0.3, -0.25) is 4.99 Å². The largest absolute Gasteiger partial charge is 0.373 e. The third-order valence-corrected chi connectivity index (χ3v) is 4.49.